The van der Waals surface area contributed by atoms with Gasteiger partial charge in [0.25, 0.3) is 5.91 Å². The van der Waals surface area contributed by atoms with Crippen molar-refractivity contribution >= 4 is 50.0 Å². The van der Waals surface area contributed by atoms with E-state index < -0.39 is 23.5 Å². The molecule has 1 aromatic heterocycles. The van der Waals surface area contributed by atoms with Crippen molar-refractivity contribution in [3.8, 4) is 0 Å². The molecule has 0 saturated carbocycles. The number of aliphatic hydroxyl groups excluding tert-OH is 1. The molecule has 7 heteroatoms. The summed E-state index contributed by atoms with van der Waals surface area (Å²) in [6.45, 7) is 3.99. The van der Waals surface area contributed by atoms with Crippen LogP contribution < -0.4 is 9.80 Å². The molecule has 186 valence electrons. The average Bonchev–Trinajstić information content (AvgIpc) is 3.63. The van der Waals surface area contributed by atoms with Crippen LogP contribution in [0.5, 0.6) is 0 Å². The number of amides is 1. The Kier molecular flexibility index (Phi) is 5.88. The highest BCUT2D eigenvalue weighted by Crippen LogP contribution is 2.43. The topological polar surface area (TPSA) is 74.0 Å². The van der Waals surface area contributed by atoms with Crippen LogP contribution in [0.25, 0.3) is 11.0 Å². The number of carbonyl (C=O) groups excluding carboxylic acids is 2. The molecule has 3 heterocycles. The maximum atomic E-state index is 13.8. The van der Waals surface area contributed by atoms with Crippen LogP contribution in [-0.2, 0) is 4.79 Å². The summed E-state index contributed by atoms with van der Waals surface area (Å²) in [7, 11) is 0. The largest absolute Gasteiger partial charge is 0.503 e. The Morgan fingerprint density at radius 3 is 2.43 bits per heavy atom. The van der Waals surface area contributed by atoms with Gasteiger partial charge in [0.15, 0.2) is 11.5 Å². The number of rotatable bonds is 5. The van der Waals surface area contributed by atoms with E-state index in [-0.39, 0.29) is 11.3 Å². The SMILES string of the molecule is Cc1cccc(C2C(C(=O)c3cc4cc(Br)ccc4o3)=C(O)C(=O)N2c2ccc(N3CCCC3)cc2)c1. The molecule has 3 aromatic carbocycles. The number of hydrogen-bond donors (Lipinski definition) is 1. The molecule has 6 rings (SSSR count). The van der Waals surface area contributed by atoms with Gasteiger partial charge >= 0.3 is 0 Å². The molecule has 6 nitrogen and oxygen atoms in total. The molecule has 1 N–H and O–H groups in total. The lowest BCUT2D eigenvalue weighted by molar-refractivity contribution is -0.117. The molecule has 0 radical (unpaired) electrons. The van der Waals surface area contributed by atoms with Crippen molar-refractivity contribution in [3.63, 3.8) is 0 Å². The molecule has 1 atom stereocenters. The first kappa shape index (κ1) is 23.6. The number of fused-ring (bicyclic) bond motifs is 1. The maximum Gasteiger partial charge on any atom is 0.294 e. The first-order valence-electron chi connectivity index (χ1n) is 12.3. The van der Waals surface area contributed by atoms with E-state index in [0.717, 1.165) is 39.8 Å². The Hall–Kier alpha value is -3.84. The van der Waals surface area contributed by atoms with E-state index in [1.54, 1.807) is 12.1 Å². The van der Waals surface area contributed by atoms with Gasteiger partial charge in [-0.1, -0.05) is 45.8 Å². The lowest BCUT2D eigenvalue weighted by Crippen LogP contribution is -2.31. The predicted molar refractivity (Wildman–Crippen MR) is 147 cm³/mol. The summed E-state index contributed by atoms with van der Waals surface area (Å²) < 4.78 is 6.71. The molecule has 1 saturated heterocycles. The minimum absolute atomic E-state index is 0.0114. The molecule has 1 amide bonds. The minimum Gasteiger partial charge on any atom is -0.503 e. The van der Waals surface area contributed by atoms with Crippen LogP contribution in [0.1, 0.15) is 40.6 Å². The first-order valence-corrected chi connectivity index (χ1v) is 13.1. The Labute approximate surface area is 222 Å². The van der Waals surface area contributed by atoms with Gasteiger partial charge in [0.2, 0.25) is 5.78 Å². The third-order valence-corrected chi connectivity index (χ3v) is 7.61. The smallest absolute Gasteiger partial charge is 0.294 e. The zero-order chi connectivity index (χ0) is 25.7. The number of hydrogen-bond acceptors (Lipinski definition) is 5. The molecule has 1 fully saturated rings. The van der Waals surface area contributed by atoms with Crippen molar-refractivity contribution in [1.29, 1.82) is 0 Å². The number of aliphatic hydroxyl groups is 1. The Bertz CT molecular complexity index is 1560. The van der Waals surface area contributed by atoms with E-state index in [4.69, 9.17) is 4.42 Å². The zero-order valence-electron chi connectivity index (χ0n) is 20.3. The maximum absolute atomic E-state index is 13.8. The van der Waals surface area contributed by atoms with Crippen LogP contribution in [0.15, 0.2) is 93.0 Å². The van der Waals surface area contributed by atoms with Gasteiger partial charge in [-0.15, -0.1) is 0 Å². The predicted octanol–water partition coefficient (Wildman–Crippen LogP) is 6.89. The molecule has 0 aliphatic carbocycles. The molecule has 2 aliphatic heterocycles. The number of carbonyl (C=O) groups is 2. The lowest BCUT2D eigenvalue weighted by atomic mass is 9.94. The third kappa shape index (κ3) is 4.13. The van der Waals surface area contributed by atoms with Gasteiger partial charge in [-0.25, -0.2) is 0 Å². The van der Waals surface area contributed by atoms with Gasteiger partial charge < -0.3 is 14.4 Å². The van der Waals surface area contributed by atoms with E-state index in [0.29, 0.717) is 11.3 Å². The van der Waals surface area contributed by atoms with E-state index in [2.05, 4.69) is 20.8 Å². The van der Waals surface area contributed by atoms with Crippen LogP contribution in [0.4, 0.5) is 11.4 Å². The molecule has 0 spiro atoms. The third-order valence-electron chi connectivity index (χ3n) is 7.11. The Balaban J connectivity index is 1.43. The zero-order valence-corrected chi connectivity index (χ0v) is 21.9. The number of aryl methyl sites for hydroxylation is 1. The van der Waals surface area contributed by atoms with Gasteiger partial charge in [-0.2, -0.15) is 0 Å². The molecule has 4 aromatic rings. The number of halogens is 1. The summed E-state index contributed by atoms with van der Waals surface area (Å²) in [5, 5.41) is 11.8. The normalized spacial score (nSPS) is 17.9. The average molecular weight is 557 g/mol. The fraction of sp³-hybridized carbons (Fsp3) is 0.200. The second-order valence-corrected chi connectivity index (χ2v) is 10.5. The molecule has 2 aliphatic rings. The summed E-state index contributed by atoms with van der Waals surface area (Å²) in [6, 6.07) is 21.7. The lowest BCUT2D eigenvalue weighted by Gasteiger charge is -2.27. The monoisotopic (exact) mass is 556 g/mol. The number of furan rings is 1. The quantitative estimate of drug-likeness (QED) is 0.271. The van der Waals surface area contributed by atoms with Crippen molar-refractivity contribution in [1.82, 2.24) is 0 Å². The fourth-order valence-corrected chi connectivity index (χ4v) is 5.70. The number of ketones is 1. The Morgan fingerprint density at radius 1 is 0.973 bits per heavy atom. The molecular formula is C30H25BrN2O4. The summed E-state index contributed by atoms with van der Waals surface area (Å²) in [5.41, 5.74) is 4.00. The van der Waals surface area contributed by atoms with Gasteiger partial charge in [-0.05, 0) is 73.9 Å². The fourth-order valence-electron chi connectivity index (χ4n) is 5.32. The van der Waals surface area contributed by atoms with Crippen LogP contribution >= 0.6 is 15.9 Å². The van der Waals surface area contributed by atoms with Crippen LogP contribution in [-0.4, -0.2) is 29.9 Å². The summed E-state index contributed by atoms with van der Waals surface area (Å²) >= 11 is 3.44. The summed E-state index contributed by atoms with van der Waals surface area (Å²) in [4.78, 5) is 31.1. The number of nitrogens with zero attached hydrogens (tertiary/aromatic N) is 2. The van der Waals surface area contributed by atoms with E-state index in [1.165, 1.54) is 17.7 Å². The number of benzene rings is 3. The Morgan fingerprint density at radius 2 is 1.70 bits per heavy atom. The first-order chi connectivity index (χ1) is 17.9. The molecule has 37 heavy (non-hydrogen) atoms. The number of anilines is 2. The van der Waals surface area contributed by atoms with Crippen LogP contribution in [0.2, 0.25) is 0 Å². The molecular weight excluding hydrogens is 532 g/mol. The van der Waals surface area contributed by atoms with E-state index >= 15 is 0 Å². The van der Waals surface area contributed by atoms with E-state index in [9.17, 15) is 14.7 Å². The molecule has 0 bridgehead atoms. The summed E-state index contributed by atoms with van der Waals surface area (Å²) in [5.74, 6) is -1.60. The van der Waals surface area contributed by atoms with Crippen molar-refractivity contribution in [3.05, 3.63) is 105 Å². The highest BCUT2D eigenvalue weighted by atomic mass is 79.9. The van der Waals surface area contributed by atoms with Crippen molar-refractivity contribution in [2.24, 2.45) is 0 Å². The second-order valence-electron chi connectivity index (χ2n) is 9.59. The van der Waals surface area contributed by atoms with Crippen molar-refractivity contribution < 1.29 is 19.1 Å². The van der Waals surface area contributed by atoms with Gasteiger partial charge in [-0.3, -0.25) is 14.5 Å². The standard InChI is InChI=1S/C30H25BrN2O4/c1-18-5-4-6-19(15-18)27-26(28(34)25-17-20-16-21(31)7-12-24(20)37-25)29(35)30(36)33(27)23-10-8-22(9-11-23)32-13-2-3-14-32/h4-12,15-17,27,35H,2-3,13-14H2,1H3. The van der Waals surface area contributed by atoms with Gasteiger partial charge in [0.1, 0.15) is 5.58 Å². The minimum atomic E-state index is -0.794. The van der Waals surface area contributed by atoms with Crippen molar-refractivity contribution in [2.75, 3.05) is 22.9 Å². The van der Waals surface area contributed by atoms with E-state index in [1.807, 2.05) is 67.6 Å². The van der Waals surface area contributed by atoms with Gasteiger partial charge in [0.05, 0.1) is 11.6 Å². The highest BCUT2D eigenvalue weighted by molar-refractivity contribution is 9.10. The molecule has 1 unspecified atom stereocenters. The highest BCUT2D eigenvalue weighted by Gasteiger charge is 2.45. The second kappa shape index (κ2) is 9.23. The summed E-state index contributed by atoms with van der Waals surface area (Å²) in [6.07, 6.45) is 2.34. The van der Waals surface area contributed by atoms with Gasteiger partial charge in [0, 0.05) is 34.3 Å². The van der Waals surface area contributed by atoms with Crippen molar-refractivity contribution in [2.45, 2.75) is 25.8 Å². The number of Topliss-reactive ketones (excluding diaryl/α,β-unsaturated/α-hetero) is 1. The van der Waals surface area contributed by atoms with Crippen LogP contribution in [0.3, 0.4) is 0 Å². The van der Waals surface area contributed by atoms with Crippen LogP contribution in [0, 0.1) is 6.92 Å².